The molecule has 1 aromatic heterocycles. The summed E-state index contributed by atoms with van der Waals surface area (Å²) < 4.78 is 5.55. The van der Waals surface area contributed by atoms with Crippen molar-refractivity contribution in [3.63, 3.8) is 0 Å². The van der Waals surface area contributed by atoms with Crippen LogP contribution in [0.3, 0.4) is 0 Å². The molecule has 0 amide bonds. The second kappa shape index (κ2) is 5.84. The normalized spacial score (nSPS) is 15.4. The van der Waals surface area contributed by atoms with E-state index in [1.54, 1.807) is 13.2 Å². The van der Waals surface area contributed by atoms with Crippen LogP contribution in [0, 0.1) is 5.41 Å². The van der Waals surface area contributed by atoms with Gasteiger partial charge in [0.15, 0.2) is 0 Å². The number of nitrogens with two attached hydrogens (primary N) is 2. The molecule has 0 fully saturated rings. The molecule has 18 heavy (non-hydrogen) atoms. The van der Waals surface area contributed by atoms with Gasteiger partial charge in [0.2, 0.25) is 0 Å². The molecule has 0 aliphatic carbocycles. The first kappa shape index (κ1) is 15.2. The van der Waals surface area contributed by atoms with Gasteiger partial charge in [0.05, 0.1) is 17.2 Å². The van der Waals surface area contributed by atoms with Gasteiger partial charge in [-0.15, -0.1) is 0 Å². The van der Waals surface area contributed by atoms with Gasteiger partial charge >= 0.3 is 0 Å². The lowest BCUT2D eigenvalue weighted by Gasteiger charge is -2.36. The van der Waals surface area contributed by atoms with Crippen molar-refractivity contribution in [2.45, 2.75) is 32.9 Å². The Morgan fingerprint density at radius 2 is 2.06 bits per heavy atom. The Morgan fingerprint density at radius 1 is 1.44 bits per heavy atom. The fourth-order valence-electron chi connectivity index (χ4n) is 2.04. The number of rotatable bonds is 4. The third-order valence-electron chi connectivity index (χ3n) is 2.84. The van der Waals surface area contributed by atoms with Gasteiger partial charge in [0.25, 0.3) is 0 Å². The molecule has 0 saturated heterocycles. The summed E-state index contributed by atoms with van der Waals surface area (Å²) in [6.45, 7) is 6.21. The van der Waals surface area contributed by atoms with E-state index in [2.05, 4.69) is 31.2 Å². The van der Waals surface area contributed by atoms with Crippen LogP contribution in [0.1, 0.15) is 32.4 Å². The van der Waals surface area contributed by atoms with Crippen LogP contribution in [0.4, 0.5) is 5.82 Å². The van der Waals surface area contributed by atoms with Crippen LogP contribution in [0.15, 0.2) is 12.3 Å². The molecule has 0 bridgehead atoms. The van der Waals surface area contributed by atoms with E-state index in [0.29, 0.717) is 10.8 Å². The molecule has 102 valence electrons. The van der Waals surface area contributed by atoms with Crippen molar-refractivity contribution >= 4 is 17.4 Å². The predicted molar refractivity (Wildman–Crippen MR) is 74.0 cm³/mol. The van der Waals surface area contributed by atoms with E-state index in [1.165, 1.54) is 6.20 Å². The monoisotopic (exact) mass is 272 g/mol. The number of pyridine rings is 1. The van der Waals surface area contributed by atoms with Crippen LogP contribution in [0.5, 0.6) is 0 Å². The highest BCUT2D eigenvalue weighted by atomic mass is 35.5. The summed E-state index contributed by atoms with van der Waals surface area (Å²) in [5.74, 6) is 6.04. The zero-order chi connectivity index (χ0) is 13.9. The number of nitrogens with one attached hydrogen (secondary N) is 1. The van der Waals surface area contributed by atoms with Gasteiger partial charge in [-0.25, -0.2) is 4.98 Å². The van der Waals surface area contributed by atoms with Crippen LogP contribution in [-0.2, 0) is 4.74 Å². The summed E-state index contributed by atoms with van der Waals surface area (Å²) >= 11 is 5.95. The fourth-order valence-corrected chi connectivity index (χ4v) is 2.21. The highest BCUT2D eigenvalue weighted by Crippen LogP contribution is 2.34. The summed E-state index contributed by atoms with van der Waals surface area (Å²) in [6.07, 6.45) is 1.34. The van der Waals surface area contributed by atoms with Crippen molar-refractivity contribution in [2.75, 3.05) is 12.8 Å². The highest BCUT2D eigenvalue weighted by molar-refractivity contribution is 6.30. The molecule has 0 radical (unpaired) electrons. The standard InChI is InChI=1S/C12H21ClN4O/c1-12(2,3)10(18-4)9(17-15)8-5-7(13)6-16-11(8)14/h5-6,9-10,17H,15H2,1-4H3,(H2,14,16). The maximum absolute atomic E-state index is 5.95. The number of halogens is 1. The summed E-state index contributed by atoms with van der Waals surface area (Å²) in [7, 11) is 1.65. The van der Waals surface area contributed by atoms with E-state index in [1.807, 2.05) is 0 Å². The molecule has 0 aliphatic heterocycles. The number of hydrazine groups is 1. The number of anilines is 1. The first-order valence-electron chi connectivity index (χ1n) is 5.71. The quantitative estimate of drug-likeness (QED) is 0.576. The molecule has 2 atom stereocenters. The number of nitrogen functional groups attached to an aromatic ring is 1. The summed E-state index contributed by atoms with van der Waals surface area (Å²) in [5.41, 5.74) is 9.25. The zero-order valence-electron chi connectivity index (χ0n) is 11.2. The maximum atomic E-state index is 5.95. The molecular formula is C12H21ClN4O. The molecule has 1 heterocycles. The average Bonchev–Trinajstić information content (AvgIpc) is 2.27. The molecule has 2 unspecified atom stereocenters. The van der Waals surface area contributed by atoms with Crippen LogP contribution in [0.2, 0.25) is 5.02 Å². The molecule has 5 nitrogen and oxygen atoms in total. The molecule has 5 N–H and O–H groups in total. The Kier molecular flexibility index (Phi) is 4.92. The Hall–Kier alpha value is -0.880. The zero-order valence-corrected chi connectivity index (χ0v) is 12.0. The number of nitrogens with zero attached hydrogens (tertiary/aromatic N) is 1. The Bertz CT molecular complexity index is 406. The Morgan fingerprint density at radius 3 is 2.50 bits per heavy atom. The number of hydrogen-bond donors (Lipinski definition) is 3. The van der Waals surface area contributed by atoms with Crippen molar-refractivity contribution < 1.29 is 4.74 Å². The highest BCUT2D eigenvalue weighted by Gasteiger charge is 2.34. The Labute approximate surface area is 113 Å². The first-order valence-corrected chi connectivity index (χ1v) is 6.09. The molecule has 0 saturated carbocycles. The lowest BCUT2D eigenvalue weighted by Crippen LogP contribution is -2.44. The topological polar surface area (TPSA) is 86.2 Å². The van der Waals surface area contributed by atoms with Gasteiger partial charge in [-0.1, -0.05) is 32.4 Å². The minimum atomic E-state index is -0.277. The maximum Gasteiger partial charge on any atom is 0.128 e. The Balaban J connectivity index is 3.19. The van der Waals surface area contributed by atoms with Crippen molar-refractivity contribution in [3.8, 4) is 0 Å². The van der Waals surface area contributed by atoms with Crippen molar-refractivity contribution in [3.05, 3.63) is 22.8 Å². The summed E-state index contributed by atoms with van der Waals surface area (Å²) in [4.78, 5) is 4.04. The predicted octanol–water partition coefficient (Wildman–Crippen LogP) is 1.88. The molecular weight excluding hydrogens is 252 g/mol. The minimum Gasteiger partial charge on any atom is -0.383 e. The minimum absolute atomic E-state index is 0.111. The second-order valence-electron chi connectivity index (χ2n) is 5.29. The lowest BCUT2D eigenvalue weighted by molar-refractivity contribution is -0.0119. The smallest absolute Gasteiger partial charge is 0.128 e. The van der Waals surface area contributed by atoms with Gasteiger partial charge in [0.1, 0.15) is 5.82 Å². The van der Waals surface area contributed by atoms with Gasteiger partial charge in [-0.05, 0) is 11.5 Å². The van der Waals surface area contributed by atoms with Crippen molar-refractivity contribution in [1.82, 2.24) is 10.4 Å². The SMILES string of the molecule is COC(C(NN)c1cc(Cl)cnc1N)C(C)(C)C. The first-order chi connectivity index (χ1) is 8.31. The summed E-state index contributed by atoms with van der Waals surface area (Å²) in [5, 5.41) is 0.517. The molecule has 0 spiro atoms. The van der Waals surface area contributed by atoms with E-state index < -0.39 is 0 Å². The number of aromatic nitrogens is 1. The molecule has 0 aliphatic rings. The van der Waals surface area contributed by atoms with Crippen LogP contribution < -0.4 is 17.0 Å². The van der Waals surface area contributed by atoms with Crippen molar-refractivity contribution in [2.24, 2.45) is 11.3 Å². The average molecular weight is 273 g/mol. The van der Waals surface area contributed by atoms with E-state index in [0.717, 1.165) is 5.56 Å². The van der Waals surface area contributed by atoms with Crippen molar-refractivity contribution in [1.29, 1.82) is 0 Å². The van der Waals surface area contributed by atoms with Crippen LogP contribution in [-0.4, -0.2) is 18.2 Å². The third-order valence-corrected chi connectivity index (χ3v) is 3.05. The van der Waals surface area contributed by atoms with Crippen LogP contribution in [0.25, 0.3) is 0 Å². The van der Waals surface area contributed by atoms with Gasteiger partial charge < -0.3 is 10.5 Å². The number of methoxy groups -OCH3 is 1. The van der Waals surface area contributed by atoms with E-state index in [4.69, 9.17) is 27.9 Å². The number of ether oxygens (including phenoxy) is 1. The van der Waals surface area contributed by atoms with E-state index in [9.17, 15) is 0 Å². The second-order valence-corrected chi connectivity index (χ2v) is 5.73. The lowest BCUT2D eigenvalue weighted by atomic mass is 9.82. The molecule has 6 heteroatoms. The summed E-state index contributed by atoms with van der Waals surface area (Å²) in [6, 6.07) is 1.48. The van der Waals surface area contributed by atoms with Crippen LogP contribution >= 0.6 is 11.6 Å². The fraction of sp³-hybridized carbons (Fsp3) is 0.583. The van der Waals surface area contributed by atoms with Gasteiger partial charge in [-0.3, -0.25) is 11.3 Å². The molecule has 0 aromatic carbocycles. The largest absolute Gasteiger partial charge is 0.383 e. The van der Waals surface area contributed by atoms with Gasteiger partial charge in [-0.2, -0.15) is 0 Å². The van der Waals surface area contributed by atoms with E-state index >= 15 is 0 Å². The third kappa shape index (κ3) is 3.32. The van der Waals surface area contributed by atoms with E-state index in [-0.39, 0.29) is 17.6 Å². The molecule has 1 aromatic rings. The number of hydrogen-bond acceptors (Lipinski definition) is 5. The van der Waals surface area contributed by atoms with Gasteiger partial charge in [0, 0.05) is 18.9 Å². The molecule has 1 rings (SSSR count).